The molecule has 2 heterocycles. The third-order valence-corrected chi connectivity index (χ3v) is 5.65. The average Bonchev–Trinajstić information content (AvgIpc) is 2.57. The minimum Gasteiger partial charge on any atom is -0.368 e. The van der Waals surface area contributed by atoms with Crippen LogP contribution in [0.3, 0.4) is 0 Å². The number of nitrogens with zero attached hydrogens (tertiary/aromatic N) is 1. The van der Waals surface area contributed by atoms with E-state index in [0.29, 0.717) is 12.0 Å². The molecule has 0 aromatic rings. The van der Waals surface area contributed by atoms with Gasteiger partial charge in [0.15, 0.2) is 0 Å². The van der Waals surface area contributed by atoms with Crippen molar-refractivity contribution in [1.29, 1.82) is 0 Å². The molecule has 3 nitrogen and oxygen atoms in total. The fourth-order valence-electron chi connectivity index (χ4n) is 4.65. The van der Waals surface area contributed by atoms with Crippen LogP contribution in [0.15, 0.2) is 0 Å². The van der Waals surface area contributed by atoms with Crippen molar-refractivity contribution in [1.82, 2.24) is 10.2 Å². The van der Waals surface area contributed by atoms with E-state index in [9.17, 15) is 0 Å². The van der Waals surface area contributed by atoms with Crippen LogP contribution >= 0.6 is 0 Å². The first-order chi connectivity index (χ1) is 9.81. The standard InChI is InChI=1S/C18H36N2O/c1-7-14-11-9-10-12-20(14)13-15-16(19-8-2)18(5,6)21-17(15,3)4/h14-16,19H,7-13H2,1-6H3. The molecule has 0 amide bonds. The van der Waals surface area contributed by atoms with E-state index in [1.54, 1.807) is 0 Å². The van der Waals surface area contributed by atoms with Gasteiger partial charge < -0.3 is 10.1 Å². The first-order valence-electron chi connectivity index (χ1n) is 8.99. The molecule has 2 saturated heterocycles. The summed E-state index contributed by atoms with van der Waals surface area (Å²) in [6.07, 6.45) is 5.42. The lowest BCUT2D eigenvalue weighted by molar-refractivity contribution is -0.0808. The van der Waals surface area contributed by atoms with Crippen molar-refractivity contribution in [3.05, 3.63) is 0 Å². The van der Waals surface area contributed by atoms with Crippen molar-refractivity contribution >= 4 is 0 Å². The quantitative estimate of drug-likeness (QED) is 0.841. The monoisotopic (exact) mass is 296 g/mol. The predicted molar refractivity (Wildman–Crippen MR) is 89.7 cm³/mol. The molecule has 0 aliphatic carbocycles. The lowest BCUT2D eigenvalue weighted by Gasteiger charge is -2.40. The van der Waals surface area contributed by atoms with Gasteiger partial charge in [-0.2, -0.15) is 0 Å². The van der Waals surface area contributed by atoms with Crippen LogP contribution in [0.2, 0.25) is 0 Å². The Morgan fingerprint density at radius 3 is 2.43 bits per heavy atom. The van der Waals surface area contributed by atoms with Crippen LogP contribution in [-0.2, 0) is 4.74 Å². The number of nitrogens with one attached hydrogen (secondary N) is 1. The Balaban J connectivity index is 2.14. The van der Waals surface area contributed by atoms with Crippen molar-refractivity contribution < 1.29 is 4.74 Å². The SMILES string of the molecule is CCNC1C(CN2CCCCC2CC)C(C)(C)OC1(C)C. The molecule has 2 fully saturated rings. The Morgan fingerprint density at radius 1 is 1.10 bits per heavy atom. The lowest BCUT2D eigenvalue weighted by Crippen LogP contribution is -2.53. The maximum Gasteiger partial charge on any atom is 0.0790 e. The number of hydrogen-bond acceptors (Lipinski definition) is 3. The first kappa shape index (κ1) is 17.2. The Hall–Kier alpha value is -0.120. The molecular weight excluding hydrogens is 260 g/mol. The van der Waals surface area contributed by atoms with Crippen molar-refractivity contribution in [2.75, 3.05) is 19.6 Å². The van der Waals surface area contributed by atoms with Gasteiger partial charge in [-0.1, -0.05) is 20.3 Å². The Morgan fingerprint density at radius 2 is 1.81 bits per heavy atom. The summed E-state index contributed by atoms with van der Waals surface area (Å²) in [5.41, 5.74) is -0.131. The molecule has 2 aliphatic rings. The lowest BCUT2D eigenvalue weighted by atomic mass is 9.81. The molecule has 0 aromatic heterocycles. The van der Waals surface area contributed by atoms with Crippen molar-refractivity contribution in [3.8, 4) is 0 Å². The van der Waals surface area contributed by atoms with E-state index < -0.39 is 0 Å². The molecule has 2 aliphatic heterocycles. The molecule has 21 heavy (non-hydrogen) atoms. The summed E-state index contributed by atoms with van der Waals surface area (Å²) in [6.45, 7) is 17.0. The summed E-state index contributed by atoms with van der Waals surface area (Å²) in [4.78, 5) is 2.74. The number of piperidine rings is 1. The highest BCUT2D eigenvalue weighted by Gasteiger charge is 2.53. The molecule has 3 heteroatoms. The van der Waals surface area contributed by atoms with E-state index in [4.69, 9.17) is 4.74 Å². The van der Waals surface area contributed by atoms with Gasteiger partial charge in [-0.05, 0) is 60.0 Å². The zero-order valence-corrected chi connectivity index (χ0v) is 15.0. The van der Waals surface area contributed by atoms with Crippen LogP contribution in [0.25, 0.3) is 0 Å². The fourth-order valence-corrected chi connectivity index (χ4v) is 4.65. The van der Waals surface area contributed by atoms with Crippen molar-refractivity contribution in [2.45, 2.75) is 90.5 Å². The maximum absolute atomic E-state index is 6.44. The summed E-state index contributed by atoms with van der Waals surface area (Å²) in [6, 6.07) is 1.22. The molecule has 2 rings (SSSR count). The first-order valence-corrected chi connectivity index (χ1v) is 8.99. The fraction of sp³-hybridized carbons (Fsp3) is 1.00. The molecular formula is C18H36N2O. The highest BCUT2D eigenvalue weighted by Crippen LogP contribution is 2.43. The molecule has 3 atom stereocenters. The van der Waals surface area contributed by atoms with Gasteiger partial charge in [0, 0.05) is 24.5 Å². The highest BCUT2D eigenvalue weighted by atomic mass is 16.5. The highest BCUT2D eigenvalue weighted by molar-refractivity contribution is 5.06. The van der Waals surface area contributed by atoms with Gasteiger partial charge in [-0.3, -0.25) is 4.90 Å². The van der Waals surface area contributed by atoms with Crippen molar-refractivity contribution in [2.24, 2.45) is 5.92 Å². The molecule has 0 aromatic carbocycles. The Kier molecular flexibility index (Phi) is 5.38. The number of likely N-dealkylation sites (N-methyl/N-ethyl adjacent to an activating group) is 1. The molecule has 0 bridgehead atoms. The zero-order valence-electron chi connectivity index (χ0n) is 15.0. The van der Waals surface area contributed by atoms with E-state index in [1.165, 1.54) is 38.8 Å². The number of rotatable bonds is 5. The van der Waals surface area contributed by atoms with Gasteiger partial charge >= 0.3 is 0 Å². The Labute approximate surface area is 131 Å². The van der Waals surface area contributed by atoms with E-state index in [-0.39, 0.29) is 11.2 Å². The second-order valence-corrected chi connectivity index (χ2v) is 8.00. The summed E-state index contributed by atoms with van der Waals surface area (Å²) < 4.78 is 6.44. The normalized spacial score (nSPS) is 36.0. The van der Waals surface area contributed by atoms with Crippen LogP contribution in [0, 0.1) is 5.92 Å². The number of hydrogen-bond donors (Lipinski definition) is 1. The smallest absolute Gasteiger partial charge is 0.0790 e. The number of likely N-dealkylation sites (tertiary alicyclic amines) is 1. The summed E-state index contributed by atoms with van der Waals surface area (Å²) >= 11 is 0. The van der Waals surface area contributed by atoms with Gasteiger partial charge in [0.25, 0.3) is 0 Å². The van der Waals surface area contributed by atoms with E-state index in [1.807, 2.05) is 0 Å². The van der Waals surface area contributed by atoms with Crippen LogP contribution in [0.5, 0.6) is 0 Å². The third kappa shape index (κ3) is 3.62. The molecule has 1 N–H and O–H groups in total. The van der Waals surface area contributed by atoms with E-state index in [2.05, 4.69) is 51.8 Å². The molecule has 3 unspecified atom stereocenters. The molecule has 0 radical (unpaired) electrons. The van der Waals surface area contributed by atoms with Crippen molar-refractivity contribution in [3.63, 3.8) is 0 Å². The average molecular weight is 296 g/mol. The minimum absolute atomic E-state index is 0.0495. The maximum atomic E-state index is 6.44. The van der Waals surface area contributed by atoms with Gasteiger partial charge in [-0.15, -0.1) is 0 Å². The van der Waals surface area contributed by atoms with Gasteiger partial charge in [-0.25, -0.2) is 0 Å². The van der Waals surface area contributed by atoms with Gasteiger partial charge in [0.05, 0.1) is 11.2 Å². The minimum atomic E-state index is -0.0817. The summed E-state index contributed by atoms with van der Waals surface area (Å²) in [7, 11) is 0. The molecule has 0 saturated carbocycles. The zero-order chi connectivity index (χ0) is 15.7. The summed E-state index contributed by atoms with van der Waals surface area (Å²) in [5.74, 6) is 0.555. The molecule has 124 valence electrons. The third-order valence-electron chi connectivity index (χ3n) is 5.65. The molecule has 0 spiro atoms. The topological polar surface area (TPSA) is 24.5 Å². The second kappa shape index (κ2) is 6.55. The van der Waals surface area contributed by atoms with Crippen LogP contribution < -0.4 is 5.32 Å². The number of ether oxygens (including phenoxy) is 1. The van der Waals surface area contributed by atoms with Gasteiger partial charge in [0.2, 0.25) is 0 Å². The second-order valence-electron chi connectivity index (χ2n) is 8.00. The van der Waals surface area contributed by atoms with Crippen LogP contribution in [-0.4, -0.2) is 47.8 Å². The van der Waals surface area contributed by atoms with Crippen LogP contribution in [0.4, 0.5) is 0 Å². The Bertz CT molecular complexity index is 340. The van der Waals surface area contributed by atoms with E-state index in [0.717, 1.165) is 12.6 Å². The largest absolute Gasteiger partial charge is 0.368 e. The predicted octanol–water partition coefficient (Wildman–Crippen LogP) is 3.43. The summed E-state index contributed by atoms with van der Waals surface area (Å²) in [5, 5.41) is 3.71. The van der Waals surface area contributed by atoms with Gasteiger partial charge in [0.1, 0.15) is 0 Å². The van der Waals surface area contributed by atoms with Crippen LogP contribution in [0.1, 0.15) is 67.2 Å². The van der Waals surface area contributed by atoms with E-state index >= 15 is 0 Å².